The van der Waals surface area contributed by atoms with Gasteiger partial charge in [-0.15, -0.1) is 6.58 Å². The fraction of sp³-hybridized carbons (Fsp3) is 0.500. The molecule has 1 heterocycles. The Kier molecular flexibility index (Phi) is 14.7. The third kappa shape index (κ3) is 9.14. The van der Waals surface area contributed by atoms with Gasteiger partial charge in [0.1, 0.15) is 36.1 Å². The van der Waals surface area contributed by atoms with Crippen LogP contribution in [0.15, 0.2) is 90.1 Å². The maximum atomic E-state index is 14.8. The van der Waals surface area contributed by atoms with E-state index >= 15 is 0 Å². The Morgan fingerprint density at radius 2 is 1.72 bits per heavy atom. The van der Waals surface area contributed by atoms with Crippen LogP contribution < -0.4 is 14.2 Å². The van der Waals surface area contributed by atoms with E-state index in [4.69, 9.17) is 28.9 Å². The second-order valence-electron chi connectivity index (χ2n) is 15.9. The van der Waals surface area contributed by atoms with Crippen LogP contribution in [0.1, 0.15) is 86.5 Å². The normalized spacial score (nSPS) is 23.9. The second kappa shape index (κ2) is 19.9. The van der Waals surface area contributed by atoms with Gasteiger partial charge in [-0.2, -0.15) is 0 Å². The lowest BCUT2D eigenvalue weighted by Gasteiger charge is -2.60. The quantitative estimate of drug-likeness (QED) is 0.0662. The Hall–Kier alpha value is -4.64. The molecule has 0 bridgehead atoms. The van der Waals surface area contributed by atoms with E-state index in [2.05, 4.69) is 51.6 Å². The van der Waals surface area contributed by atoms with E-state index in [1.54, 1.807) is 20.3 Å². The number of benzene rings is 3. The molecule has 10 nitrogen and oxygen atoms in total. The maximum Gasteiger partial charge on any atom is 0.239 e. The highest BCUT2D eigenvalue weighted by Gasteiger charge is 2.65. The number of aliphatic hydroxyl groups is 2. The minimum Gasteiger partial charge on any atom is -0.497 e. The third-order valence-corrected chi connectivity index (χ3v) is 12.2. The molecule has 1 fully saturated rings. The Labute approximate surface area is 344 Å². The molecule has 2 N–H and O–H groups in total. The molecule has 0 saturated heterocycles. The number of nitrogens with zero attached hydrogens (tertiary/aromatic N) is 2. The minimum absolute atomic E-state index is 0.0499. The molecule has 3 aliphatic rings. The summed E-state index contributed by atoms with van der Waals surface area (Å²) in [7, 11) is 3.19. The standard InChI is InChI=1S/C48H62N2O8/c1-7-22-50(45(53)28-34-14-13-16-36(27-34)54-5)44-31-42(49-55-6)40-29-35(15-9-11-23-51)39(17-10-12-24-52)46-41-30-38(57-37-19-18-32(3)33(4)26-37)20-21-43(41)58-48(44,47(40)46)56-25-8-2/h8,13-14,16,18-21,26-27,29-30,35,39,44,46-47,51-52H,2,7,9-12,15,17,22-25,28,31H2,1,3-6H3. The van der Waals surface area contributed by atoms with Crippen molar-refractivity contribution in [1.82, 2.24) is 4.90 Å². The first-order valence-corrected chi connectivity index (χ1v) is 21.0. The van der Waals surface area contributed by atoms with Gasteiger partial charge in [0.15, 0.2) is 0 Å². The molecule has 3 aromatic rings. The summed E-state index contributed by atoms with van der Waals surface area (Å²) in [5.74, 6) is 1.19. The number of hydrogen-bond acceptors (Lipinski definition) is 9. The molecular formula is C48H62N2O8. The molecule has 58 heavy (non-hydrogen) atoms. The SMILES string of the molecule is C=CCOC12Oc3ccc(Oc4ccc(C)c(C)c4)cc3C3C(CCCCO)C(CCCCO)C=C(C(=NOC)CC1N(CCC)C(=O)Cc1cccc(OC)c1)C32. The summed E-state index contributed by atoms with van der Waals surface area (Å²) in [6, 6.07) is 19.2. The van der Waals surface area contributed by atoms with Crippen molar-refractivity contribution in [3.8, 4) is 23.0 Å². The number of unbranched alkanes of at least 4 members (excludes halogenated alkanes) is 2. The van der Waals surface area contributed by atoms with Gasteiger partial charge in [-0.25, -0.2) is 0 Å². The Morgan fingerprint density at radius 3 is 2.43 bits per heavy atom. The van der Waals surface area contributed by atoms with Crippen molar-refractivity contribution in [2.45, 2.75) is 96.3 Å². The van der Waals surface area contributed by atoms with E-state index in [0.29, 0.717) is 43.1 Å². The van der Waals surface area contributed by atoms with Gasteiger partial charge < -0.3 is 38.9 Å². The highest BCUT2D eigenvalue weighted by atomic mass is 16.7. The summed E-state index contributed by atoms with van der Waals surface area (Å²) in [5.41, 5.74) is 5.98. The molecular weight excluding hydrogens is 733 g/mol. The number of allylic oxidation sites excluding steroid dienone is 1. The highest BCUT2D eigenvalue weighted by molar-refractivity contribution is 6.03. The molecule has 0 spiro atoms. The smallest absolute Gasteiger partial charge is 0.239 e. The van der Waals surface area contributed by atoms with Crippen molar-refractivity contribution in [1.29, 1.82) is 0 Å². The number of carbonyl (C=O) groups excluding carboxylic acids is 1. The van der Waals surface area contributed by atoms with E-state index in [0.717, 1.165) is 65.8 Å². The first-order chi connectivity index (χ1) is 28.2. The molecule has 10 heteroatoms. The zero-order valence-electron chi connectivity index (χ0n) is 35.0. The molecule has 6 unspecified atom stereocenters. The average Bonchev–Trinajstić information content (AvgIpc) is 3.22. The largest absolute Gasteiger partial charge is 0.497 e. The molecule has 1 amide bonds. The van der Waals surface area contributed by atoms with Gasteiger partial charge in [-0.3, -0.25) is 4.79 Å². The topological polar surface area (TPSA) is 119 Å². The van der Waals surface area contributed by atoms with Crippen molar-refractivity contribution in [3.63, 3.8) is 0 Å². The van der Waals surface area contributed by atoms with Crippen LogP contribution in [0.2, 0.25) is 0 Å². The Morgan fingerprint density at radius 1 is 0.966 bits per heavy atom. The van der Waals surface area contributed by atoms with Crippen LogP contribution in [0.3, 0.4) is 0 Å². The van der Waals surface area contributed by atoms with E-state index < -0.39 is 11.8 Å². The van der Waals surface area contributed by atoms with E-state index in [9.17, 15) is 15.0 Å². The van der Waals surface area contributed by atoms with Crippen molar-refractivity contribution >= 4 is 11.6 Å². The van der Waals surface area contributed by atoms with Crippen LogP contribution in [-0.2, 0) is 20.8 Å². The lowest BCUT2D eigenvalue weighted by molar-refractivity contribution is -0.257. The van der Waals surface area contributed by atoms with E-state index in [1.165, 1.54) is 5.56 Å². The number of methoxy groups -OCH3 is 1. The van der Waals surface area contributed by atoms with Crippen molar-refractivity contribution in [2.24, 2.45) is 22.9 Å². The average molecular weight is 795 g/mol. The van der Waals surface area contributed by atoms with Crippen LogP contribution in [0.5, 0.6) is 23.0 Å². The number of aryl methyl sites for hydroxylation is 2. The van der Waals surface area contributed by atoms with Gasteiger partial charge in [0.25, 0.3) is 0 Å². The van der Waals surface area contributed by atoms with Gasteiger partial charge >= 0.3 is 0 Å². The van der Waals surface area contributed by atoms with Crippen molar-refractivity contribution < 1.29 is 38.8 Å². The Bertz CT molecular complexity index is 1940. The van der Waals surface area contributed by atoms with Gasteiger partial charge in [0.2, 0.25) is 11.7 Å². The first kappa shape index (κ1) is 43.0. The summed E-state index contributed by atoms with van der Waals surface area (Å²) in [5, 5.41) is 24.5. The number of oxime groups is 1. The van der Waals surface area contributed by atoms with Crippen LogP contribution in [-0.4, -0.2) is 79.1 Å². The predicted molar refractivity (Wildman–Crippen MR) is 227 cm³/mol. The molecule has 1 saturated carbocycles. The number of amides is 1. The van der Waals surface area contributed by atoms with Crippen molar-refractivity contribution in [3.05, 3.63) is 107 Å². The van der Waals surface area contributed by atoms with Gasteiger partial charge in [-0.05, 0) is 123 Å². The number of fused-ring (bicyclic) bond motifs is 2. The molecule has 0 aromatic heterocycles. The molecule has 1 aliphatic heterocycles. The lowest BCUT2D eigenvalue weighted by Crippen LogP contribution is -2.70. The maximum absolute atomic E-state index is 14.8. The summed E-state index contributed by atoms with van der Waals surface area (Å²) >= 11 is 0. The second-order valence-corrected chi connectivity index (χ2v) is 15.9. The van der Waals surface area contributed by atoms with Crippen LogP contribution in [0.4, 0.5) is 0 Å². The fourth-order valence-corrected chi connectivity index (χ4v) is 9.49. The monoisotopic (exact) mass is 794 g/mol. The third-order valence-electron chi connectivity index (χ3n) is 12.2. The van der Waals surface area contributed by atoms with Gasteiger partial charge in [0.05, 0.1) is 31.8 Å². The van der Waals surface area contributed by atoms with Crippen LogP contribution in [0, 0.1) is 31.6 Å². The zero-order valence-corrected chi connectivity index (χ0v) is 35.0. The lowest BCUT2D eigenvalue weighted by atomic mass is 9.55. The van der Waals surface area contributed by atoms with Crippen LogP contribution >= 0.6 is 0 Å². The first-order valence-electron chi connectivity index (χ1n) is 21.0. The van der Waals surface area contributed by atoms with Crippen LogP contribution in [0.25, 0.3) is 0 Å². The number of carbonyl (C=O) groups is 1. The number of hydrogen-bond donors (Lipinski definition) is 2. The van der Waals surface area contributed by atoms with E-state index in [-0.39, 0.29) is 55.8 Å². The fourth-order valence-electron chi connectivity index (χ4n) is 9.49. The molecule has 6 rings (SSSR count). The summed E-state index contributed by atoms with van der Waals surface area (Å²) < 4.78 is 26.5. The minimum atomic E-state index is -1.31. The number of ether oxygens (including phenoxy) is 4. The zero-order chi connectivity index (χ0) is 41.2. The predicted octanol–water partition coefficient (Wildman–Crippen LogP) is 8.85. The number of aliphatic hydroxyl groups excluding tert-OH is 2. The molecule has 6 atom stereocenters. The summed E-state index contributed by atoms with van der Waals surface area (Å²) in [6.07, 6.45) is 10.2. The molecule has 3 aromatic carbocycles. The number of rotatable bonds is 20. The summed E-state index contributed by atoms with van der Waals surface area (Å²) in [4.78, 5) is 22.3. The highest BCUT2D eigenvalue weighted by Crippen LogP contribution is 2.62. The van der Waals surface area contributed by atoms with E-state index in [1.807, 2.05) is 47.4 Å². The summed E-state index contributed by atoms with van der Waals surface area (Å²) in [6.45, 7) is 11.2. The molecule has 2 aliphatic carbocycles. The molecule has 312 valence electrons. The van der Waals surface area contributed by atoms with Gasteiger partial charge in [0, 0.05) is 37.7 Å². The van der Waals surface area contributed by atoms with Gasteiger partial charge in [-0.1, -0.05) is 55.3 Å². The molecule has 0 radical (unpaired) electrons. The van der Waals surface area contributed by atoms with Crippen molar-refractivity contribution in [2.75, 3.05) is 40.6 Å². The Balaban J connectivity index is 1.55.